The lowest BCUT2D eigenvalue weighted by molar-refractivity contribution is 0.0678. The van der Waals surface area contributed by atoms with Gasteiger partial charge in [-0.15, -0.1) is 0 Å². The Morgan fingerprint density at radius 3 is 2.74 bits per heavy atom. The van der Waals surface area contributed by atoms with Crippen LogP contribution in [0.4, 0.5) is 0 Å². The third kappa shape index (κ3) is 2.93. The summed E-state index contributed by atoms with van der Waals surface area (Å²) < 4.78 is 7.24. The summed E-state index contributed by atoms with van der Waals surface area (Å²) in [6, 6.07) is 7.68. The minimum absolute atomic E-state index is 0.0471. The van der Waals surface area contributed by atoms with Crippen molar-refractivity contribution in [1.29, 1.82) is 0 Å². The van der Waals surface area contributed by atoms with Gasteiger partial charge in [-0.05, 0) is 25.5 Å². The molecule has 2 rings (SSSR count). The van der Waals surface area contributed by atoms with Gasteiger partial charge in [0.1, 0.15) is 12.4 Å². The molecule has 0 unspecified atom stereocenters. The molecule has 1 N–H and O–H groups in total. The smallest absolute Gasteiger partial charge is 0.372 e. The first-order valence-corrected chi connectivity index (χ1v) is 6.09. The van der Waals surface area contributed by atoms with Crippen LogP contribution in [0.5, 0.6) is 5.75 Å². The Morgan fingerprint density at radius 1 is 1.42 bits per heavy atom. The van der Waals surface area contributed by atoms with Gasteiger partial charge in [-0.1, -0.05) is 18.2 Å². The van der Waals surface area contributed by atoms with Crippen molar-refractivity contribution in [3.8, 4) is 5.75 Å². The molecule has 0 radical (unpaired) electrons. The number of carboxylic acid groups (broad SMARTS) is 1. The largest absolute Gasteiger partial charge is 0.487 e. The molecule has 1 aromatic carbocycles. The fourth-order valence-corrected chi connectivity index (χ4v) is 1.82. The summed E-state index contributed by atoms with van der Waals surface area (Å²) in [6.45, 7) is 4.67. The molecule has 1 heterocycles. The predicted molar refractivity (Wildman–Crippen MR) is 70.4 cm³/mol. The van der Waals surface area contributed by atoms with Gasteiger partial charge >= 0.3 is 5.97 Å². The monoisotopic (exact) mass is 260 g/mol. The number of ether oxygens (including phenoxy) is 1. The number of hydrogen-bond acceptors (Lipinski definition) is 3. The van der Waals surface area contributed by atoms with Gasteiger partial charge < -0.3 is 14.4 Å². The number of hydrogen-bond donors (Lipinski definition) is 1. The Bertz CT molecular complexity index is 590. The van der Waals surface area contributed by atoms with E-state index in [9.17, 15) is 4.79 Å². The van der Waals surface area contributed by atoms with Crippen molar-refractivity contribution in [2.45, 2.75) is 27.0 Å². The van der Waals surface area contributed by atoms with E-state index < -0.39 is 5.97 Å². The van der Waals surface area contributed by atoms with Crippen LogP contribution in [0, 0.1) is 6.92 Å². The molecule has 5 heteroatoms. The molecule has 2 aromatic rings. The molecule has 0 aliphatic rings. The first-order valence-electron chi connectivity index (χ1n) is 6.09. The maximum Gasteiger partial charge on any atom is 0.372 e. The maximum absolute atomic E-state index is 11.0. The molecule has 5 nitrogen and oxygen atoms in total. The second-order valence-electron chi connectivity index (χ2n) is 4.20. The molecule has 0 saturated carbocycles. The Hall–Kier alpha value is -2.30. The molecule has 0 atom stereocenters. The highest BCUT2D eigenvalue weighted by atomic mass is 16.5. The number of aromatic carboxylic acids is 1. The number of nitrogens with zero attached hydrogens (tertiary/aromatic N) is 2. The Balaban J connectivity index is 2.12. The van der Waals surface area contributed by atoms with Gasteiger partial charge in [0, 0.05) is 12.7 Å². The number of imidazole rings is 1. The van der Waals surface area contributed by atoms with Crippen molar-refractivity contribution in [2.24, 2.45) is 0 Å². The number of para-hydroxylation sites is 1. The van der Waals surface area contributed by atoms with Crippen LogP contribution >= 0.6 is 0 Å². The summed E-state index contributed by atoms with van der Waals surface area (Å²) in [7, 11) is 0. The summed E-state index contributed by atoms with van der Waals surface area (Å²) >= 11 is 0. The van der Waals surface area contributed by atoms with Gasteiger partial charge in [-0.2, -0.15) is 0 Å². The minimum atomic E-state index is -1.02. The summed E-state index contributed by atoms with van der Waals surface area (Å²) in [6.07, 6.45) is 1.71. The van der Waals surface area contributed by atoms with Crippen molar-refractivity contribution < 1.29 is 14.6 Å². The van der Waals surface area contributed by atoms with E-state index in [0.717, 1.165) is 11.3 Å². The van der Waals surface area contributed by atoms with Gasteiger partial charge in [0.05, 0.1) is 5.69 Å². The van der Waals surface area contributed by atoms with E-state index >= 15 is 0 Å². The van der Waals surface area contributed by atoms with Crippen LogP contribution in [0.3, 0.4) is 0 Å². The highest BCUT2D eigenvalue weighted by molar-refractivity contribution is 5.83. The molecule has 0 aliphatic carbocycles. The van der Waals surface area contributed by atoms with Gasteiger partial charge in [-0.3, -0.25) is 0 Å². The van der Waals surface area contributed by atoms with Gasteiger partial charge in [0.25, 0.3) is 0 Å². The van der Waals surface area contributed by atoms with Crippen molar-refractivity contribution in [1.82, 2.24) is 9.55 Å². The molecular weight excluding hydrogens is 244 g/mol. The first kappa shape index (κ1) is 13.1. The molecule has 0 fully saturated rings. The molecule has 0 saturated heterocycles. The molecule has 0 bridgehead atoms. The zero-order valence-electron chi connectivity index (χ0n) is 11.0. The minimum Gasteiger partial charge on any atom is -0.487 e. The van der Waals surface area contributed by atoms with Crippen LogP contribution in [0.1, 0.15) is 28.8 Å². The van der Waals surface area contributed by atoms with E-state index in [1.807, 2.05) is 38.1 Å². The van der Waals surface area contributed by atoms with Crippen LogP contribution in [-0.2, 0) is 13.2 Å². The van der Waals surface area contributed by atoms with Gasteiger partial charge in [0.2, 0.25) is 5.82 Å². The number of rotatable bonds is 5. The topological polar surface area (TPSA) is 64.4 Å². The van der Waals surface area contributed by atoms with E-state index in [1.54, 1.807) is 10.8 Å². The van der Waals surface area contributed by atoms with Crippen molar-refractivity contribution in [3.05, 3.63) is 47.5 Å². The fraction of sp³-hybridized carbons (Fsp3) is 0.286. The summed E-state index contributed by atoms with van der Waals surface area (Å²) in [5, 5.41) is 9.02. The third-order valence-corrected chi connectivity index (χ3v) is 2.83. The van der Waals surface area contributed by atoms with E-state index in [0.29, 0.717) is 12.2 Å². The second-order valence-corrected chi connectivity index (χ2v) is 4.20. The normalized spacial score (nSPS) is 10.4. The van der Waals surface area contributed by atoms with Gasteiger partial charge in [0.15, 0.2) is 0 Å². The number of aromatic nitrogens is 2. The van der Waals surface area contributed by atoms with Crippen molar-refractivity contribution >= 4 is 5.97 Å². The third-order valence-electron chi connectivity index (χ3n) is 2.83. The van der Waals surface area contributed by atoms with E-state index in [1.165, 1.54) is 0 Å². The highest BCUT2D eigenvalue weighted by Crippen LogP contribution is 2.17. The lowest BCUT2D eigenvalue weighted by atomic mass is 10.2. The molecule has 100 valence electrons. The predicted octanol–water partition coefficient (Wildman–Crippen LogP) is 2.49. The van der Waals surface area contributed by atoms with Crippen LogP contribution in [0.2, 0.25) is 0 Å². The zero-order chi connectivity index (χ0) is 13.8. The summed E-state index contributed by atoms with van der Waals surface area (Å²) in [5.41, 5.74) is 1.65. The summed E-state index contributed by atoms with van der Waals surface area (Å²) in [4.78, 5) is 15.1. The molecule has 19 heavy (non-hydrogen) atoms. The van der Waals surface area contributed by atoms with Crippen molar-refractivity contribution in [3.63, 3.8) is 0 Å². The second kappa shape index (κ2) is 5.56. The van der Waals surface area contributed by atoms with Crippen LogP contribution in [0.25, 0.3) is 0 Å². The maximum atomic E-state index is 11.0. The van der Waals surface area contributed by atoms with Crippen molar-refractivity contribution in [2.75, 3.05) is 0 Å². The number of benzene rings is 1. The fourth-order valence-electron chi connectivity index (χ4n) is 1.82. The van der Waals surface area contributed by atoms with Crippen LogP contribution in [-0.4, -0.2) is 20.6 Å². The standard InChI is InChI=1S/C14H16N2O3/c1-3-16-8-11(15-13(16)14(17)18)9-19-12-7-5-4-6-10(12)2/h4-8H,3,9H2,1-2H3,(H,17,18). The number of carboxylic acids is 1. The van der Waals surface area contributed by atoms with E-state index in [4.69, 9.17) is 9.84 Å². The lowest BCUT2D eigenvalue weighted by Crippen LogP contribution is -2.07. The average molecular weight is 260 g/mol. The number of aryl methyl sites for hydroxylation is 2. The molecule has 0 aliphatic heterocycles. The lowest BCUT2D eigenvalue weighted by Gasteiger charge is -2.06. The Labute approximate surface area is 111 Å². The Kier molecular flexibility index (Phi) is 3.85. The number of carbonyl (C=O) groups is 1. The van der Waals surface area contributed by atoms with Gasteiger partial charge in [-0.25, -0.2) is 9.78 Å². The average Bonchev–Trinajstić information content (AvgIpc) is 2.81. The zero-order valence-corrected chi connectivity index (χ0v) is 11.0. The van der Waals surface area contributed by atoms with E-state index in [2.05, 4.69) is 4.98 Å². The SMILES string of the molecule is CCn1cc(COc2ccccc2C)nc1C(=O)O. The first-order chi connectivity index (χ1) is 9.11. The van der Waals surface area contributed by atoms with E-state index in [-0.39, 0.29) is 12.4 Å². The highest BCUT2D eigenvalue weighted by Gasteiger charge is 2.13. The quantitative estimate of drug-likeness (QED) is 0.897. The summed E-state index contributed by atoms with van der Waals surface area (Å²) in [5.74, 6) is -0.194. The van der Waals surface area contributed by atoms with Crippen LogP contribution in [0.15, 0.2) is 30.5 Å². The molecule has 1 aromatic heterocycles. The van der Waals surface area contributed by atoms with Crippen LogP contribution < -0.4 is 4.74 Å². The Morgan fingerprint density at radius 2 is 2.16 bits per heavy atom. The molecule has 0 amide bonds. The molecule has 0 spiro atoms. The molecular formula is C14H16N2O3.